The quantitative estimate of drug-likeness (QED) is 0.574. The van der Waals surface area contributed by atoms with Gasteiger partial charge >= 0.3 is 5.97 Å². The Morgan fingerprint density at radius 3 is 2.54 bits per heavy atom. The molecule has 1 heterocycles. The van der Waals surface area contributed by atoms with E-state index in [2.05, 4.69) is 4.90 Å². The van der Waals surface area contributed by atoms with Gasteiger partial charge in [0, 0.05) is 26.1 Å². The van der Waals surface area contributed by atoms with Gasteiger partial charge in [0.05, 0.1) is 25.4 Å². The van der Waals surface area contributed by atoms with Crippen LogP contribution in [0.4, 0.5) is 0 Å². The zero-order valence-electron chi connectivity index (χ0n) is 14.4. The van der Waals surface area contributed by atoms with Crippen LogP contribution in [-0.2, 0) is 19.0 Å². The smallest absolute Gasteiger partial charge is 0.332 e. The predicted octanol–water partition coefficient (Wildman–Crippen LogP) is 0.962. The van der Waals surface area contributed by atoms with E-state index in [1.165, 1.54) is 6.42 Å². The van der Waals surface area contributed by atoms with E-state index in [1.807, 2.05) is 0 Å². The second kappa shape index (κ2) is 6.56. The van der Waals surface area contributed by atoms with Crippen molar-refractivity contribution < 1.29 is 24.1 Å². The molecule has 6 nitrogen and oxygen atoms in total. The zero-order valence-corrected chi connectivity index (χ0v) is 14.4. The van der Waals surface area contributed by atoms with Crippen molar-refractivity contribution in [2.24, 2.45) is 11.8 Å². The number of nitrogens with zero attached hydrogens (tertiary/aromatic N) is 1. The lowest BCUT2D eigenvalue weighted by Crippen LogP contribution is -2.60. The van der Waals surface area contributed by atoms with Crippen molar-refractivity contribution in [3.8, 4) is 0 Å². The van der Waals surface area contributed by atoms with Gasteiger partial charge in [0.1, 0.15) is 12.2 Å². The number of rotatable bonds is 6. The van der Waals surface area contributed by atoms with E-state index in [9.17, 15) is 9.90 Å². The number of carbonyl (C=O) groups excluding carboxylic acids is 1. The number of morpholine rings is 1. The topological polar surface area (TPSA) is 68.2 Å². The summed E-state index contributed by atoms with van der Waals surface area (Å²) < 4.78 is 16.7. The van der Waals surface area contributed by atoms with Gasteiger partial charge in [-0.25, -0.2) is 4.79 Å². The van der Waals surface area contributed by atoms with Gasteiger partial charge in [0.25, 0.3) is 0 Å². The minimum absolute atomic E-state index is 0.0137. The molecule has 4 saturated carbocycles. The van der Waals surface area contributed by atoms with Crippen LogP contribution in [0.3, 0.4) is 0 Å². The monoisotopic (exact) mass is 339 g/mol. The summed E-state index contributed by atoms with van der Waals surface area (Å²) >= 11 is 0. The van der Waals surface area contributed by atoms with Crippen molar-refractivity contribution >= 4 is 5.97 Å². The number of aliphatic hydroxyl groups is 1. The van der Waals surface area contributed by atoms with Crippen LogP contribution in [0.1, 0.15) is 38.5 Å². The van der Waals surface area contributed by atoms with Crippen LogP contribution in [0.5, 0.6) is 0 Å². The summed E-state index contributed by atoms with van der Waals surface area (Å²) in [4.78, 5) is 14.5. The minimum Gasteiger partial charge on any atom is -0.457 e. The lowest BCUT2D eigenvalue weighted by Gasteiger charge is -2.59. The van der Waals surface area contributed by atoms with Crippen LogP contribution in [0, 0.1) is 11.8 Å². The molecule has 5 fully saturated rings. The summed E-state index contributed by atoms with van der Waals surface area (Å²) in [7, 11) is 0. The van der Waals surface area contributed by atoms with Gasteiger partial charge in [0.15, 0.2) is 0 Å². The van der Waals surface area contributed by atoms with E-state index in [0.29, 0.717) is 24.9 Å². The van der Waals surface area contributed by atoms with Gasteiger partial charge < -0.3 is 19.3 Å². The highest BCUT2D eigenvalue weighted by Crippen LogP contribution is 2.58. The first-order valence-electron chi connectivity index (χ1n) is 9.36. The first-order valence-corrected chi connectivity index (χ1v) is 9.36. The van der Waals surface area contributed by atoms with Crippen LogP contribution in [0.25, 0.3) is 0 Å². The van der Waals surface area contributed by atoms with E-state index in [1.54, 1.807) is 0 Å². The number of hydrogen-bond acceptors (Lipinski definition) is 6. The standard InChI is InChI=1S/C18H29NO5/c20-16(12-23-6-3-19-1-4-22-5-2-19)24-18-10-14-7-15(11-18)9-17(21,8-14)13-18/h14-15,21H,1-13H2. The van der Waals surface area contributed by atoms with Gasteiger partial charge in [-0.3, -0.25) is 4.90 Å². The van der Waals surface area contributed by atoms with Crippen molar-refractivity contribution in [1.82, 2.24) is 4.90 Å². The molecule has 5 aliphatic rings. The lowest BCUT2D eigenvalue weighted by atomic mass is 9.52. The van der Waals surface area contributed by atoms with Gasteiger partial charge in [-0.05, 0) is 43.9 Å². The Kier molecular flexibility index (Phi) is 4.58. The Hall–Kier alpha value is -0.690. The fourth-order valence-corrected chi connectivity index (χ4v) is 5.70. The van der Waals surface area contributed by atoms with Crippen LogP contribution < -0.4 is 0 Å². The third kappa shape index (κ3) is 3.62. The summed E-state index contributed by atoms with van der Waals surface area (Å²) in [6.45, 7) is 4.78. The molecule has 0 spiro atoms. The molecule has 0 amide bonds. The minimum atomic E-state index is -0.596. The second-order valence-electron chi connectivity index (χ2n) is 8.35. The predicted molar refractivity (Wildman–Crippen MR) is 86.5 cm³/mol. The Balaban J connectivity index is 1.21. The molecule has 5 rings (SSSR count). The van der Waals surface area contributed by atoms with Crippen LogP contribution in [-0.4, -0.2) is 73.2 Å². The van der Waals surface area contributed by atoms with Gasteiger partial charge in [-0.1, -0.05) is 0 Å². The summed E-state index contributed by atoms with van der Waals surface area (Å²) in [6.07, 6.45) is 5.43. The molecular formula is C18H29NO5. The van der Waals surface area contributed by atoms with Crippen LogP contribution >= 0.6 is 0 Å². The molecule has 1 aliphatic heterocycles. The molecule has 6 heteroatoms. The van der Waals surface area contributed by atoms with E-state index in [4.69, 9.17) is 14.2 Å². The average molecular weight is 339 g/mol. The van der Waals surface area contributed by atoms with E-state index < -0.39 is 11.2 Å². The normalized spacial score (nSPS) is 41.5. The molecule has 136 valence electrons. The van der Waals surface area contributed by atoms with Crippen molar-refractivity contribution in [3.63, 3.8) is 0 Å². The van der Waals surface area contributed by atoms with Crippen molar-refractivity contribution in [1.29, 1.82) is 0 Å². The highest BCUT2D eigenvalue weighted by atomic mass is 16.6. The molecule has 0 aromatic heterocycles. The number of ether oxygens (including phenoxy) is 3. The lowest BCUT2D eigenvalue weighted by molar-refractivity contribution is -0.222. The van der Waals surface area contributed by atoms with Crippen molar-refractivity contribution in [3.05, 3.63) is 0 Å². The second-order valence-corrected chi connectivity index (χ2v) is 8.35. The first kappa shape index (κ1) is 16.8. The molecule has 2 atom stereocenters. The summed E-state index contributed by atoms with van der Waals surface area (Å²) in [6, 6.07) is 0. The number of carbonyl (C=O) groups is 1. The van der Waals surface area contributed by atoms with E-state index in [-0.39, 0.29) is 12.6 Å². The van der Waals surface area contributed by atoms with Crippen LogP contribution in [0.2, 0.25) is 0 Å². The highest BCUT2D eigenvalue weighted by molar-refractivity contribution is 5.71. The number of hydrogen-bond donors (Lipinski definition) is 1. The fourth-order valence-electron chi connectivity index (χ4n) is 5.70. The highest BCUT2D eigenvalue weighted by Gasteiger charge is 2.59. The SMILES string of the molecule is O=C(COCCN1CCOCC1)OC12CC3CC(CC(O)(C3)C1)C2. The Bertz CT molecular complexity index is 462. The molecular weight excluding hydrogens is 310 g/mol. The van der Waals surface area contributed by atoms with Gasteiger partial charge in [0.2, 0.25) is 0 Å². The molecule has 2 unspecified atom stereocenters. The Morgan fingerprint density at radius 1 is 1.17 bits per heavy atom. The van der Waals surface area contributed by atoms with Crippen molar-refractivity contribution in [2.75, 3.05) is 46.1 Å². The molecule has 0 radical (unpaired) electrons. The molecule has 24 heavy (non-hydrogen) atoms. The maximum absolute atomic E-state index is 12.2. The molecule has 0 aromatic rings. The molecule has 1 saturated heterocycles. The first-order chi connectivity index (χ1) is 11.5. The largest absolute Gasteiger partial charge is 0.457 e. The number of esters is 1. The van der Waals surface area contributed by atoms with E-state index in [0.717, 1.165) is 58.5 Å². The maximum Gasteiger partial charge on any atom is 0.332 e. The van der Waals surface area contributed by atoms with E-state index >= 15 is 0 Å². The summed E-state index contributed by atoms with van der Waals surface area (Å²) in [5.74, 6) is 0.764. The maximum atomic E-state index is 12.2. The summed E-state index contributed by atoms with van der Waals surface area (Å²) in [5.41, 5.74) is -1.02. The Labute approximate surface area is 143 Å². The third-order valence-corrected chi connectivity index (χ3v) is 6.18. The molecule has 4 aliphatic carbocycles. The average Bonchev–Trinajstić information content (AvgIpc) is 2.49. The van der Waals surface area contributed by atoms with Gasteiger partial charge in [-0.15, -0.1) is 0 Å². The third-order valence-electron chi connectivity index (χ3n) is 6.18. The Morgan fingerprint density at radius 2 is 1.88 bits per heavy atom. The zero-order chi connectivity index (χ0) is 16.6. The molecule has 1 N–H and O–H groups in total. The molecule has 4 bridgehead atoms. The van der Waals surface area contributed by atoms with Crippen molar-refractivity contribution in [2.45, 2.75) is 49.7 Å². The fraction of sp³-hybridized carbons (Fsp3) is 0.944. The molecule has 0 aromatic carbocycles. The van der Waals surface area contributed by atoms with Crippen LogP contribution in [0.15, 0.2) is 0 Å². The summed E-state index contributed by atoms with van der Waals surface area (Å²) in [5, 5.41) is 10.7. The van der Waals surface area contributed by atoms with Gasteiger partial charge in [-0.2, -0.15) is 0 Å².